The second-order valence-electron chi connectivity index (χ2n) is 5.99. The van der Waals surface area contributed by atoms with Gasteiger partial charge in [-0.3, -0.25) is 4.68 Å². The molecular weight excluding hydrogens is 304 g/mol. The average molecular weight is 325 g/mol. The van der Waals surface area contributed by atoms with Gasteiger partial charge in [0.25, 0.3) is 0 Å². The van der Waals surface area contributed by atoms with Crippen LogP contribution in [0.1, 0.15) is 32.0 Å². The van der Waals surface area contributed by atoms with E-state index in [9.17, 15) is 0 Å². The first-order valence-electron chi connectivity index (χ1n) is 6.84. The van der Waals surface area contributed by atoms with Crippen molar-refractivity contribution in [2.45, 2.75) is 49.8 Å². The van der Waals surface area contributed by atoms with E-state index < -0.39 is 0 Å². The highest BCUT2D eigenvalue weighted by Crippen LogP contribution is 2.34. The fourth-order valence-electron chi connectivity index (χ4n) is 1.90. The predicted octanol–water partition coefficient (Wildman–Crippen LogP) is 3.82. The van der Waals surface area contributed by atoms with Crippen molar-refractivity contribution in [3.05, 3.63) is 34.6 Å². The average Bonchev–Trinajstić information content (AvgIpc) is 2.63. The van der Waals surface area contributed by atoms with Gasteiger partial charge in [-0.15, -0.1) is 0 Å². The highest BCUT2D eigenvalue weighted by atomic mass is 35.5. The topological polar surface area (TPSA) is 42.7 Å². The maximum absolute atomic E-state index is 6.21. The van der Waals surface area contributed by atoms with Crippen molar-refractivity contribution in [3.63, 3.8) is 0 Å². The first-order chi connectivity index (χ1) is 9.78. The van der Waals surface area contributed by atoms with Crippen LogP contribution in [0.2, 0.25) is 5.02 Å². The molecule has 2 heterocycles. The van der Waals surface area contributed by atoms with Crippen LogP contribution in [0, 0.1) is 6.92 Å². The highest BCUT2D eigenvalue weighted by molar-refractivity contribution is 7.99. The first-order valence-corrected chi connectivity index (χ1v) is 8.03. The van der Waals surface area contributed by atoms with Crippen LogP contribution in [0.15, 0.2) is 28.4 Å². The molecule has 0 aliphatic carbocycles. The van der Waals surface area contributed by atoms with Crippen molar-refractivity contribution >= 4 is 23.4 Å². The highest BCUT2D eigenvalue weighted by Gasteiger charge is 2.18. The lowest BCUT2D eigenvalue weighted by molar-refractivity contribution is 0.421. The van der Waals surface area contributed by atoms with E-state index in [2.05, 4.69) is 36.2 Å². The van der Waals surface area contributed by atoms with Crippen LogP contribution < -0.4 is 5.32 Å². The predicted molar refractivity (Wildman–Crippen MR) is 87.9 cm³/mol. The number of hydrogen-bond donors (Lipinski definition) is 1. The van der Waals surface area contributed by atoms with Crippen molar-refractivity contribution < 1.29 is 0 Å². The Balaban J connectivity index is 2.29. The van der Waals surface area contributed by atoms with Crippen molar-refractivity contribution in [2.75, 3.05) is 0 Å². The van der Waals surface area contributed by atoms with Gasteiger partial charge in [0, 0.05) is 30.9 Å². The molecule has 0 atom stereocenters. The molecule has 4 nitrogen and oxygen atoms in total. The molecule has 2 aromatic rings. The van der Waals surface area contributed by atoms with Crippen LogP contribution in [0.25, 0.3) is 0 Å². The maximum Gasteiger partial charge on any atom is 0.121 e. The molecule has 0 unspecified atom stereocenters. The molecular formula is C15H21ClN4S. The smallest absolute Gasteiger partial charge is 0.121 e. The molecule has 6 heteroatoms. The quantitative estimate of drug-likeness (QED) is 0.928. The molecule has 2 rings (SSSR count). The summed E-state index contributed by atoms with van der Waals surface area (Å²) in [6.07, 6.45) is 1.75. The summed E-state index contributed by atoms with van der Waals surface area (Å²) in [6.45, 7) is 9.27. The molecule has 0 amide bonds. The maximum atomic E-state index is 6.21. The lowest BCUT2D eigenvalue weighted by Gasteiger charge is -2.20. The van der Waals surface area contributed by atoms with Gasteiger partial charge in [0.1, 0.15) is 10.1 Å². The largest absolute Gasteiger partial charge is 0.308 e. The molecule has 0 saturated heterocycles. The van der Waals surface area contributed by atoms with E-state index in [1.54, 1.807) is 18.0 Å². The molecule has 0 aliphatic rings. The van der Waals surface area contributed by atoms with Crippen molar-refractivity contribution in [3.8, 4) is 0 Å². The minimum absolute atomic E-state index is 0.0624. The third-order valence-corrected chi connectivity index (χ3v) is 4.64. The van der Waals surface area contributed by atoms with Crippen molar-refractivity contribution in [1.29, 1.82) is 0 Å². The van der Waals surface area contributed by atoms with Crippen LogP contribution in [-0.4, -0.2) is 20.3 Å². The van der Waals surface area contributed by atoms with Gasteiger partial charge in [-0.1, -0.05) is 11.6 Å². The molecule has 21 heavy (non-hydrogen) atoms. The van der Waals surface area contributed by atoms with Gasteiger partial charge in [-0.05, 0) is 51.6 Å². The van der Waals surface area contributed by atoms with Gasteiger partial charge in [0.15, 0.2) is 0 Å². The molecule has 0 bridgehead atoms. The summed E-state index contributed by atoms with van der Waals surface area (Å²) in [6, 6.07) is 3.69. The summed E-state index contributed by atoms with van der Waals surface area (Å²) in [5, 5.41) is 10.6. The Morgan fingerprint density at radius 3 is 2.71 bits per heavy atom. The van der Waals surface area contributed by atoms with Gasteiger partial charge in [0.2, 0.25) is 0 Å². The van der Waals surface area contributed by atoms with E-state index in [0.717, 1.165) is 22.3 Å². The zero-order valence-electron chi connectivity index (χ0n) is 13.1. The summed E-state index contributed by atoms with van der Waals surface area (Å²) < 4.78 is 1.89. The Bertz CT molecular complexity index is 631. The summed E-state index contributed by atoms with van der Waals surface area (Å²) in [5.74, 6) is 0. The van der Waals surface area contributed by atoms with E-state index >= 15 is 0 Å². The molecule has 1 N–H and O–H groups in total. The van der Waals surface area contributed by atoms with Gasteiger partial charge in [-0.25, -0.2) is 4.98 Å². The van der Waals surface area contributed by atoms with Crippen LogP contribution in [0.5, 0.6) is 0 Å². The number of aromatic nitrogens is 3. The first kappa shape index (κ1) is 16.3. The van der Waals surface area contributed by atoms with Gasteiger partial charge < -0.3 is 5.32 Å². The normalized spacial score (nSPS) is 11.9. The van der Waals surface area contributed by atoms with Crippen LogP contribution in [0.3, 0.4) is 0 Å². The molecule has 0 radical (unpaired) electrons. The monoisotopic (exact) mass is 324 g/mol. The van der Waals surface area contributed by atoms with E-state index in [-0.39, 0.29) is 5.54 Å². The van der Waals surface area contributed by atoms with Gasteiger partial charge in [0.05, 0.1) is 10.7 Å². The second kappa shape index (κ2) is 6.38. The number of halogens is 1. The van der Waals surface area contributed by atoms with Crippen molar-refractivity contribution in [2.24, 2.45) is 7.05 Å². The summed E-state index contributed by atoms with van der Waals surface area (Å²) in [7, 11) is 1.95. The van der Waals surface area contributed by atoms with Crippen LogP contribution in [-0.2, 0) is 13.6 Å². The molecule has 0 saturated carbocycles. The lowest BCUT2D eigenvalue weighted by atomic mass is 10.1. The minimum Gasteiger partial charge on any atom is -0.308 e. The van der Waals surface area contributed by atoms with E-state index in [1.165, 1.54) is 5.56 Å². The fourth-order valence-corrected chi connectivity index (χ4v) is 3.12. The van der Waals surface area contributed by atoms with E-state index in [0.29, 0.717) is 5.02 Å². The number of nitrogens with zero attached hydrogens (tertiary/aromatic N) is 3. The zero-order valence-corrected chi connectivity index (χ0v) is 14.6. The molecule has 114 valence electrons. The zero-order chi connectivity index (χ0) is 15.6. The Morgan fingerprint density at radius 1 is 1.38 bits per heavy atom. The Kier molecular flexibility index (Phi) is 4.96. The standard InChI is InChI=1S/C15H21ClN4S/c1-10-11(9-18-15(2,3)4)14(20(5)19-10)21-13-12(16)7-6-8-17-13/h6-8,18H,9H2,1-5H3. The number of rotatable bonds is 4. The Morgan fingerprint density at radius 2 is 2.10 bits per heavy atom. The van der Waals surface area contributed by atoms with E-state index in [4.69, 9.17) is 11.6 Å². The fraction of sp³-hybridized carbons (Fsp3) is 0.467. The molecule has 0 spiro atoms. The summed E-state index contributed by atoms with van der Waals surface area (Å²) in [4.78, 5) is 4.34. The number of nitrogens with one attached hydrogen (secondary N) is 1. The number of aryl methyl sites for hydroxylation is 2. The third-order valence-electron chi connectivity index (χ3n) is 3.00. The molecule has 2 aromatic heterocycles. The Hall–Kier alpha value is -1.04. The second-order valence-corrected chi connectivity index (χ2v) is 7.37. The minimum atomic E-state index is 0.0624. The van der Waals surface area contributed by atoms with Crippen LogP contribution in [0.4, 0.5) is 0 Å². The number of pyridine rings is 1. The van der Waals surface area contributed by atoms with E-state index in [1.807, 2.05) is 30.8 Å². The lowest BCUT2D eigenvalue weighted by Crippen LogP contribution is -2.35. The van der Waals surface area contributed by atoms with Gasteiger partial charge >= 0.3 is 0 Å². The van der Waals surface area contributed by atoms with Crippen LogP contribution >= 0.6 is 23.4 Å². The molecule has 0 aliphatic heterocycles. The molecule has 0 fully saturated rings. The SMILES string of the molecule is Cc1nn(C)c(Sc2ncccc2Cl)c1CNC(C)(C)C. The summed E-state index contributed by atoms with van der Waals surface area (Å²) >= 11 is 7.76. The van der Waals surface area contributed by atoms with Crippen molar-refractivity contribution in [1.82, 2.24) is 20.1 Å². The summed E-state index contributed by atoms with van der Waals surface area (Å²) in [5.41, 5.74) is 2.29. The van der Waals surface area contributed by atoms with Gasteiger partial charge in [-0.2, -0.15) is 5.10 Å². The molecule has 0 aromatic carbocycles. The number of hydrogen-bond acceptors (Lipinski definition) is 4. The Labute approximate surface area is 135 Å². The third kappa shape index (κ3) is 4.22.